The van der Waals surface area contributed by atoms with Crippen molar-refractivity contribution in [3.63, 3.8) is 0 Å². The van der Waals surface area contributed by atoms with Crippen LogP contribution in [0.5, 0.6) is 0 Å². The van der Waals surface area contributed by atoms with Gasteiger partial charge in [-0.1, -0.05) is 32.8 Å². The molecular formula is C40H64N10O2. The highest BCUT2D eigenvalue weighted by Gasteiger charge is 2.24. The number of nitrogens with one attached hydrogen (secondary N) is 2. The van der Waals surface area contributed by atoms with Crippen molar-refractivity contribution < 1.29 is 9.59 Å². The van der Waals surface area contributed by atoms with Crippen molar-refractivity contribution in [1.82, 2.24) is 40.8 Å². The summed E-state index contributed by atoms with van der Waals surface area (Å²) in [4.78, 5) is 32.9. The zero-order valence-electron chi connectivity index (χ0n) is 32.7. The van der Waals surface area contributed by atoms with E-state index < -0.39 is 0 Å². The van der Waals surface area contributed by atoms with Crippen LogP contribution in [0.4, 0.5) is 11.6 Å². The van der Waals surface area contributed by atoms with Crippen LogP contribution in [0.3, 0.4) is 0 Å². The van der Waals surface area contributed by atoms with Gasteiger partial charge in [0.15, 0.2) is 11.6 Å². The largest absolute Gasteiger partial charge is 0.353 e. The molecule has 12 heteroatoms. The van der Waals surface area contributed by atoms with E-state index >= 15 is 0 Å². The molecule has 2 aliphatic heterocycles. The molecule has 0 bridgehead atoms. The van der Waals surface area contributed by atoms with Crippen molar-refractivity contribution in [3.05, 3.63) is 41.7 Å². The van der Waals surface area contributed by atoms with Gasteiger partial charge in [-0.2, -0.15) is 10.2 Å². The van der Waals surface area contributed by atoms with Crippen molar-refractivity contribution in [2.45, 2.75) is 104 Å². The van der Waals surface area contributed by atoms with Gasteiger partial charge in [0, 0.05) is 70.0 Å². The van der Waals surface area contributed by atoms with Gasteiger partial charge in [-0.25, -0.2) is 0 Å². The molecule has 2 amide bonds. The van der Waals surface area contributed by atoms with Crippen LogP contribution in [-0.2, 0) is 9.59 Å². The molecule has 1 atom stereocenters. The van der Waals surface area contributed by atoms with Crippen LogP contribution in [0.25, 0.3) is 5.57 Å². The van der Waals surface area contributed by atoms with Crippen molar-refractivity contribution >= 4 is 29.0 Å². The van der Waals surface area contributed by atoms with Crippen molar-refractivity contribution in [2.75, 3.05) is 75.2 Å². The zero-order chi connectivity index (χ0) is 37.0. The first-order chi connectivity index (χ1) is 25.0. The van der Waals surface area contributed by atoms with Crippen LogP contribution in [-0.4, -0.2) is 120 Å². The molecule has 4 aliphatic rings. The molecule has 2 aromatic heterocycles. The highest BCUT2D eigenvalue weighted by molar-refractivity contribution is 5.78. The monoisotopic (exact) mass is 717 g/mol. The fourth-order valence-electron chi connectivity index (χ4n) is 7.67. The second-order valence-corrected chi connectivity index (χ2v) is 16.2. The van der Waals surface area contributed by atoms with Gasteiger partial charge in [0.1, 0.15) is 0 Å². The molecule has 4 heterocycles. The predicted molar refractivity (Wildman–Crippen MR) is 209 cm³/mol. The first-order valence-electron chi connectivity index (χ1n) is 19.9. The molecule has 2 saturated heterocycles. The van der Waals surface area contributed by atoms with Crippen LogP contribution < -0.4 is 20.4 Å². The Kier molecular flexibility index (Phi) is 14.8. The minimum Gasteiger partial charge on any atom is -0.353 e. The van der Waals surface area contributed by atoms with Crippen LogP contribution in [0.1, 0.15) is 104 Å². The Morgan fingerprint density at radius 3 is 1.71 bits per heavy atom. The number of hydrogen-bond donors (Lipinski definition) is 2. The van der Waals surface area contributed by atoms with E-state index in [2.05, 4.69) is 82.7 Å². The number of aromatic nitrogens is 4. The van der Waals surface area contributed by atoms with Gasteiger partial charge in [0.25, 0.3) is 0 Å². The van der Waals surface area contributed by atoms with Gasteiger partial charge in [0.05, 0.1) is 25.5 Å². The van der Waals surface area contributed by atoms with E-state index in [1.165, 1.54) is 48.8 Å². The number of rotatable bonds is 10. The highest BCUT2D eigenvalue weighted by Crippen LogP contribution is 2.36. The van der Waals surface area contributed by atoms with Crippen LogP contribution in [0, 0.1) is 11.8 Å². The summed E-state index contributed by atoms with van der Waals surface area (Å²) in [5.74, 6) is 4.45. The number of nitrogens with zero attached hydrogens (tertiary/aromatic N) is 8. The average Bonchev–Trinajstić information content (AvgIpc) is 3.12. The first-order valence-corrected chi connectivity index (χ1v) is 19.9. The van der Waals surface area contributed by atoms with E-state index in [1.807, 2.05) is 40.1 Å². The van der Waals surface area contributed by atoms with Crippen molar-refractivity contribution in [3.8, 4) is 0 Å². The quantitative estimate of drug-likeness (QED) is 0.357. The lowest BCUT2D eigenvalue weighted by molar-refractivity contribution is -0.123. The maximum Gasteiger partial charge on any atom is 0.234 e. The minimum absolute atomic E-state index is 0.105. The zero-order valence-corrected chi connectivity index (χ0v) is 32.7. The van der Waals surface area contributed by atoms with E-state index in [0.29, 0.717) is 19.0 Å². The third-order valence-corrected chi connectivity index (χ3v) is 10.9. The summed E-state index contributed by atoms with van der Waals surface area (Å²) in [5, 5.41) is 23.2. The molecular weight excluding hydrogens is 653 g/mol. The average molecular weight is 717 g/mol. The molecule has 286 valence electrons. The first kappa shape index (κ1) is 39.6. The number of amides is 2. The molecule has 2 aromatic rings. The molecule has 2 aliphatic carbocycles. The van der Waals surface area contributed by atoms with Gasteiger partial charge in [0.2, 0.25) is 11.8 Å². The number of carbonyl (C=O) groups is 2. The molecule has 52 heavy (non-hydrogen) atoms. The van der Waals surface area contributed by atoms with Gasteiger partial charge >= 0.3 is 0 Å². The van der Waals surface area contributed by atoms with E-state index in [-0.39, 0.29) is 23.9 Å². The second-order valence-electron chi connectivity index (χ2n) is 16.2. The Balaban J connectivity index is 0.000000201. The Morgan fingerprint density at radius 1 is 0.692 bits per heavy atom. The fourth-order valence-corrected chi connectivity index (χ4v) is 7.67. The standard InChI is InChI=1S/C20H33N5O.C20H31N5O/c2*1-15(2)22-20(26)14-24-8-10-25(11-9-24)19-12-18(13-21-23-19)17-6-4-16(3)5-7-17/h12-13,15-17H,4-11,14H2,1-3H3,(H,22,26);6,12-13,15-16H,4-5,7-11,14H2,1-3H3,(H,22,26). The lowest BCUT2D eigenvalue weighted by Crippen LogP contribution is -2.50. The molecule has 0 spiro atoms. The van der Waals surface area contributed by atoms with Crippen molar-refractivity contribution in [2.24, 2.45) is 11.8 Å². The smallest absolute Gasteiger partial charge is 0.234 e. The summed E-state index contributed by atoms with van der Waals surface area (Å²) in [6.45, 7) is 20.7. The maximum atomic E-state index is 11.9. The van der Waals surface area contributed by atoms with Crippen LogP contribution in [0.15, 0.2) is 30.6 Å². The van der Waals surface area contributed by atoms with E-state index in [0.717, 1.165) is 88.7 Å². The highest BCUT2D eigenvalue weighted by atomic mass is 16.2. The Labute approximate surface area is 312 Å². The van der Waals surface area contributed by atoms with Gasteiger partial charge in [-0.3, -0.25) is 19.4 Å². The molecule has 1 unspecified atom stereocenters. The van der Waals surface area contributed by atoms with E-state index in [1.54, 1.807) is 0 Å². The molecule has 1 saturated carbocycles. The summed E-state index contributed by atoms with van der Waals surface area (Å²) in [6.07, 6.45) is 14.9. The number of carbonyl (C=O) groups excluding carboxylic acids is 2. The van der Waals surface area contributed by atoms with Crippen molar-refractivity contribution in [1.29, 1.82) is 0 Å². The molecule has 2 N–H and O–H groups in total. The third-order valence-electron chi connectivity index (χ3n) is 10.9. The SMILES string of the molecule is CC1CC=C(c2cnnc(N3CCN(CC(=O)NC(C)C)CC3)c2)CC1.CC1CCC(c2cnnc(N3CCN(CC(=O)NC(C)C)CC3)c2)CC1. The summed E-state index contributed by atoms with van der Waals surface area (Å²) >= 11 is 0. The van der Waals surface area contributed by atoms with Gasteiger partial charge < -0.3 is 20.4 Å². The summed E-state index contributed by atoms with van der Waals surface area (Å²) in [5.41, 5.74) is 3.96. The molecule has 3 fully saturated rings. The summed E-state index contributed by atoms with van der Waals surface area (Å²) in [7, 11) is 0. The fraction of sp³-hybridized carbons (Fsp3) is 0.700. The van der Waals surface area contributed by atoms with E-state index in [4.69, 9.17) is 0 Å². The Morgan fingerprint density at radius 2 is 1.21 bits per heavy atom. The Hall–Kier alpha value is -3.64. The lowest BCUT2D eigenvalue weighted by Gasteiger charge is -2.35. The third kappa shape index (κ3) is 12.2. The predicted octanol–water partition coefficient (Wildman–Crippen LogP) is 4.74. The van der Waals surface area contributed by atoms with Gasteiger partial charge in [-0.15, -0.1) is 10.2 Å². The Bertz CT molecular complexity index is 1460. The van der Waals surface area contributed by atoms with Crippen LogP contribution in [0.2, 0.25) is 0 Å². The number of hydrogen-bond acceptors (Lipinski definition) is 10. The van der Waals surface area contributed by atoms with Gasteiger partial charge in [-0.05, 0) is 101 Å². The lowest BCUT2D eigenvalue weighted by atomic mass is 9.80. The molecule has 0 radical (unpaired) electrons. The number of piperazine rings is 2. The topological polar surface area (TPSA) is 123 Å². The maximum absolute atomic E-state index is 11.9. The normalized spacial score (nSPS) is 23.2. The molecule has 6 rings (SSSR count). The summed E-state index contributed by atoms with van der Waals surface area (Å²) in [6, 6.07) is 4.81. The summed E-state index contributed by atoms with van der Waals surface area (Å²) < 4.78 is 0. The second kappa shape index (κ2) is 19.4. The number of anilines is 2. The minimum atomic E-state index is 0.105. The van der Waals surface area contributed by atoms with Crippen LogP contribution >= 0.6 is 0 Å². The molecule has 0 aromatic carbocycles. The molecule has 12 nitrogen and oxygen atoms in total. The van der Waals surface area contributed by atoms with E-state index in [9.17, 15) is 9.59 Å². The number of allylic oxidation sites excluding steroid dienone is 2.